The molecule has 0 aliphatic rings. The third-order valence-electron chi connectivity index (χ3n) is 1.14. The van der Waals surface area contributed by atoms with Gasteiger partial charge in [-0.05, 0) is 5.92 Å². The lowest BCUT2D eigenvalue weighted by Gasteiger charge is -1.91. The van der Waals surface area contributed by atoms with Crippen molar-refractivity contribution in [2.45, 2.75) is 6.92 Å². The summed E-state index contributed by atoms with van der Waals surface area (Å²) in [5.41, 5.74) is 0. The van der Waals surface area contributed by atoms with Crippen molar-refractivity contribution in [1.29, 1.82) is 0 Å². The summed E-state index contributed by atoms with van der Waals surface area (Å²) in [5.74, 6) is 0.453. The van der Waals surface area contributed by atoms with Crippen LogP contribution in [-0.2, 0) is 0 Å². The quantitative estimate of drug-likeness (QED) is 0.409. The van der Waals surface area contributed by atoms with Gasteiger partial charge in [0.1, 0.15) is 0 Å². The van der Waals surface area contributed by atoms with E-state index in [1.54, 1.807) is 6.08 Å². The number of allylic oxidation sites excluding steroid dienone is 6. The Morgan fingerprint density at radius 2 is 1.80 bits per heavy atom. The minimum atomic E-state index is 0.453. The Hall–Kier alpha value is -1.04. The molecule has 0 bridgehead atoms. The summed E-state index contributed by atoms with van der Waals surface area (Å²) in [6.45, 7) is 9.31. The van der Waals surface area contributed by atoms with Gasteiger partial charge in [0.2, 0.25) is 0 Å². The van der Waals surface area contributed by atoms with E-state index in [9.17, 15) is 0 Å². The molecule has 0 heterocycles. The molecular weight excluding hydrogens is 120 g/mol. The molecule has 0 fully saturated rings. The normalized spacial score (nSPS) is 14.1. The molecule has 1 unspecified atom stereocenters. The third kappa shape index (κ3) is 5.10. The van der Waals surface area contributed by atoms with Crippen molar-refractivity contribution >= 4 is 0 Å². The largest absolute Gasteiger partial charge is 0.102 e. The highest BCUT2D eigenvalue weighted by Gasteiger charge is 1.82. The molecule has 0 aromatic heterocycles. The molecule has 54 valence electrons. The fourth-order valence-corrected chi connectivity index (χ4v) is 0.461. The molecule has 0 N–H and O–H groups in total. The smallest absolute Gasteiger partial charge is 0.00814 e. The molecule has 0 aliphatic heterocycles. The van der Waals surface area contributed by atoms with Crippen molar-refractivity contribution in [1.82, 2.24) is 0 Å². The second-order valence-corrected chi connectivity index (χ2v) is 2.10. The fourth-order valence-electron chi connectivity index (χ4n) is 0.461. The number of rotatable bonds is 4. The van der Waals surface area contributed by atoms with Crippen LogP contribution in [0.2, 0.25) is 0 Å². The van der Waals surface area contributed by atoms with Crippen LogP contribution >= 0.6 is 0 Å². The highest BCUT2D eigenvalue weighted by Crippen LogP contribution is 1.96. The molecule has 0 saturated heterocycles. The van der Waals surface area contributed by atoms with Gasteiger partial charge in [-0.2, -0.15) is 0 Å². The second kappa shape index (κ2) is 6.09. The summed E-state index contributed by atoms with van der Waals surface area (Å²) in [5, 5.41) is 0. The van der Waals surface area contributed by atoms with Gasteiger partial charge in [0.05, 0.1) is 0 Å². The highest BCUT2D eigenvalue weighted by atomic mass is 13.9. The predicted molar refractivity (Wildman–Crippen MR) is 47.8 cm³/mol. The first-order chi connectivity index (χ1) is 4.81. The van der Waals surface area contributed by atoms with Gasteiger partial charge >= 0.3 is 0 Å². The van der Waals surface area contributed by atoms with Crippen LogP contribution in [-0.4, -0.2) is 0 Å². The van der Waals surface area contributed by atoms with Crippen molar-refractivity contribution in [3.05, 3.63) is 49.6 Å². The molecule has 0 nitrogen and oxygen atoms in total. The maximum absolute atomic E-state index is 3.66. The van der Waals surface area contributed by atoms with Crippen molar-refractivity contribution in [2.75, 3.05) is 0 Å². The maximum atomic E-state index is 3.66. The zero-order valence-corrected chi connectivity index (χ0v) is 6.46. The van der Waals surface area contributed by atoms with Crippen molar-refractivity contribution in [2.24, 2.45) is 5.92 Å². The van der Waals surface area contributed by atoms with E-state index in [1.165, 1.54) is 0 Å². The van der Waals surface area contributed by atoms with Crippen LogP contribution in [0.4, 0.5) is 0 Å². The fraction of sp³-hybridized carbons (Fsp3) is 0.200. The van der Waals surface area contributed by atoms with Crippen LogP contribution in [0.15, 0.2) is 49.6 Å². The van der Waals surface area contributed by atoms with E-state index in [4.69, 9.17) is 0 Å². The lowest BCUT2D eigenvalue weighted by atomic mass is 10.2. The minimum absolute atomic E-state index is 0.453. The average Bonchev–Trinajstić information content (AvgIpc) is 1.98. The lowest BCUT2D eigenvalue weighted by molar-refractivity contribution is 0.944. The molecule has 0 radical (unpaired) electrons. The summed E-state index contributed by atoms with van der Waals surface area (Å²) in [7, 11) is 0. The molecule has 0 aliphatic carbocycles. The first-order valence-electron chi connectivity index (χ1n) is 3.39. The Balaban J connectivity index is 3.64. The van der Waals surface area contributed by atoms with E-state index < -0.39 is 0 Å². The molecule has 10 heavy (non-hydrogen) atoms. The van der Waals surface area contributed by atoms with Crippen molar-refractivity contribution in [3.8, 4) is 0 Å². The summed E-state index contributed by atoms with van der Waals surface area (Å²) >= 11 is 0. The monoisotopic (exact) mass is 134 g/mol. The molecule has 0 aromatic carbocycles. The molecule has 0 rings (SSSR count). The van der Waals surface area contributed by atoms with Gasteiger partial charge in [-0.3, -0.25) is 0 Å². The third-order valence-corrected chi connectivity index (χ3v) is 1.14. The lowest BCUT2D eigenvalue weighted by Crippen LogP contribution is -1.77. The maximum Gasteiger partial charge on any atom is -0.00814 e. The van der Waals surface area contributed by atoms with E-state index in [2.05, 4.69) is 26.2 Å². The number of hydrogen-bond donors (Lipinski definition) is 0. The Bertz CT molecular complexity index is 149. The van der Waals surface area contributed by atoms with E-state index in [-0.39, 0.29) is 0 Å². The van der Waals surface area contributed by atoms with Gasteiger partial charge in [0.25, 0.3) is 0 Å². The molecule has 0 saturated carbocycles. The van der Waals surface area contributed by atoms with Gasteiger partial charge in [-0.25, -0.2) is 0 Å². The standard InChI is InChI=1S/C10H14/c1-4-6-7-8-9-10(3)5-2/h4-10H,1-2H2,3H3/b7-6-,9-8+. The summed E-state index contributed by atoms with van der Waals surface area (Å²) in [4.78, 5) is 0. The Morgan fingerprint density at radius 1 is 1.10 bits per heavy atom. The van der Waals surface area contributed by atoms with Crippen LogP contribution in [0.25, 0.3) is 0 Å². The average molecular weight is 134 g/mol. The summed E-state index contributed by atoms with van der Waals surface area (Å²) in [6, 6.07) is 0. The van der Waals surface area contributed by atoms with Crippen LogP contribution < -0.4 is 0 Å². The van der Waals surface area contributed by atoms with Crippen LogP contribution in [0, 0.1) is 5.92 Å². The first-order valence-corrected chi connectivity index (χ1v) is 3.39. The zero-order valence-electron chi connectivity index (χ0n) is 6.46. The Labute approximate surface area is 63.3 Å². The molecule has 0 heteroatoms. The first kappa shape index (κ1) is 8.96. The minimum Gasteiger partial charge on any atom is -0.102 e. The Kier molecular flexibility index (Phi) is 5.45. The molecular formula is C10H14. The van der Waals surface area contributed by atoms with Crippen LogP contribution in [0.3, 0.4) is 0 Å². The molecule has 0 spiro atoms. The molecule has 1 atom stereocenters. The molecule has 0 aromatic rings. The van der Waals surface area contributed by atoms with Crippen molar-refractivity contribution in [3.63, 3.8) is 0 Å². The highest BCUT2D eigenvalue weighted by molar-refractivity contribution is 5.10. The van der Waals surface area contributed by atoms with Crippen LogP contribution in [0.5, 0.6) is 0 Å². The van der Waals surface area contributed by atoms with E-state index in [0.717, 1.165) is 0 Å². The Morgan fingerprint density at radius 3 is 2.30 bits per heavy atom. The number of hydrogen-bond acceptors (Lipinski definition) is 0. The second-order valence-electron chi connectivity index (χ2n) is 2.10. The van der Waals surface area contributed by atoms with Gasteiger partial charge < -0.3 is 0 Å². The van der Waals surface area contributed by atoms with E-state index in [0.29, 0.717) is 5.92 Å². The van der Waals surface area contributed by atoms with E-state index >= 15 is 0 Å². The SMILES string of the molecule is C=C/C=C\C=C\C(C)C=C. The predicted octanol–water partition coefficient (Wildman–Crippen LogP) is 3.11. The van der Waals surface area contributed by atoms with E-state index in [1.807, 2.05) is 24.3 Å². The van der Waals surface area contributed by atoms with Gasteiger partial charge in [-0.1, -0.05) is 50.0 Å². The van der Waals surface area contributed by atoms with Crippen molar-refractivity contribution < 1.29 is 0 Å². The van der Waals surface area contributed by atoms with Crippen LogP contribution in [0.1, 0.15) is 6.92 Å². The van der Waals surface area contributed by atoms with Gasteiger partial charge in [0.15, 0.2) is 0 Å². The van der Waals surface area contributed by atoms with Gasteiger partial charge in [0, 0.05) is 0 Å². The summed E-state index contributed by atoms with van der Waals surface area (Å²) < 4.78 is 0. The zero-order chi connectivity index (χ0) is 7.82. The topological polar surface area (TPSA) is 0 Å². The van der Waals surface area contributed by atoms with Gasteiger partial charge in [-0.15, -0.1) is 6.58 Å². The molecule has 0 amide bonds. The summed E-state index contributed by atoms with van der Waals surface area (Å²) in [6.07, 6.45) is 11.6.